The van der Waals surface area contributed by atoms with Crippen molar-refractivity contribution >= 4 is 5.78 Å². The zero-order valence-electron chi connectivity index (χ0n) is 9.99. The average molecular weight is 217 g/mol. The van der Waals surface area contributed by atoms with Crippen LogP contribution in [0.25, 0.3) is 0 Å². The molecule has 1 aromatic rings. The van der Waals surface area contributed by atoms with Crippen LogP contribution >= 0.6 is 0 Å². The number of hydrogen-bond donors (Lipinski definition) is 1. The summed E-state index contributed by atoms with van der Waals surface area (Å²) in [7, 11) is 0. The zero-order chi connectivity index (χ0) is 11.5. The third-order valence-electron chi connectivity index (χ3n) is 3.65. The van der Waals surface area contributed by atoms with E-state index in [4.69, 9.17) is 0 Å². The van der Waals surface area contributed by atoms with Crippen molar-refractivity contribution in [3.05, 3.63) is 35.4 Å². The van der Waals surface area contributed by atoms with Gasteiger partial charge in [-0.1, -0.05) is 31.2 Å². The Balaban J connectivity index is 1.99. The maximum absolute atomic E-state index is 12.1. The molecule has 1 fully saturated rings. The number of carbonyl (C=O) groups excluding carboxylic acids is 1. The summed E-state index contributed by atoms with van der Waals surface area (Å²) in [5.74, 6) is 1.12. The van der Waals surface area contributed by atoms with Crippen LogP contribution in [0, 0.1) is 18.8 Å². The molecule has 0 saturated carbocycles. The molecule has 1 heterocycles. The van der Waals surface area contributed by atoms with E-state index in [1.165, 1.54) is 11.1 Å². The first kappa shape index (κ1) is 11.3. The van der Waals surface area contributed by atoms with Gasteiger partial charge in [0.1, 0.15) is 5.78 Å². The van der Waals surface area contributed by atoms with Crippen LogP contribution in [0.3, 0.4) is 0 Å². The van der Waals surface area contributed by atoms with Gasteiger partial charge in [-0.3, -0.25) is 4.79 Å². The standard InChI is InChI=1S/C14H19NO/c1-10-5-3-4-6-12(10)7-14(16)11(2)13-8-15-9-13/h3-6,11,13,15H,7-9H2,1-2H3. The molecule has 0 spiro atoms. The minimum absolute atomic E-state index is 0.195. The lowest BCUT2D eigenvalue weighted by Crippen LogP contribution is -2.47. The molecule has 0 bridgehead atoms. The van der Waals surface area contributed by atoms with Gasteiger partial charge in [-0.25, -0.2) is 0 Å². The minimum atomic E-state index is 0.195. The first-order valence-corrected chi connectivity index (χ1v) is 5.96. The van der Waals surface area contributed by atoms with Crippen molar-refractivity contribution in [1.29, 1.82) is 0 Å². The molecular weight excluding hydrogens is 198 g/mol. The van der Waals surface area contributed by atoms with Gasteiger partial charge >= 0.3 is 0 Å². The molecule has 0 aliphatic carbocycles. The Bertz CT molecular complexity index is 382. The van der Waals surface area contributed by atoms with Crippen LogP contribution in [0.1, 0.15) is 18.1 Å². The van der Waals surface area contributed by atoms with Crippen molar-refractivity contribution in [2.75, 3.05) is 13.1 Å². The van der Waals surface area contributed by atoms with Gasteiger partial charge in [-0.2, -0.15) is 0 Å². The second-order valence-electron chi connectivity index (χ2n) is 4.78. The van der Waals surface area contributed by atoms with Crippen LogP contribution in [0.15, 0.2) is 24.3 Å². The van der Waals surface area contributed by atoms with E-state index in [0.29, 0.717) is 18.1 Å². The van der Waals surface area contributed by atoms with Gasteiger partial charge in [-0.15, -0.1) is 0 Å². The number of benzene rings is 1. The average Bonchev–Trinajstić information content (AvgIpc) is 2.18. The Morgan fingerprint density at radius 2 is 2.12 bits per heavy atom. The summed E-state index contributed by atoms with van der Waals surface area (Å²) in [4.78, 5) is 12.1. The molecule has 1 N–H and O–H groups in total. The number of carbonyl (C=O) groups is 1. The predicted octanol–water partition coefficient (Wildman–Crippen LogP) is 1.96. The maximum atomic E-state index is 12.1. The molecule has 1 atom stereocenters. The van der Waals surface area contributed by atoms with Gasteiger partial charge in [0.15, 0.2) is 0 Å². The normalized spacial score (nSPS) is 17.9. The smallest absolute Gasteiger partial charge is 0.140 e. The quantitative estimate of drug-likeness (QED) is 0.835. The Labute approximate surface area is 97.1 Å². The van der Waals surface area contributed by atoms with Gasteiger partial charge in [0, 0.05) is 12.3 Å². The highest BCUT2D eigenvalue weighted by molar-refractivity contribution is 5.83. The summed E-state index contributed by atoms with van der Waals surface area (Å²) in [6.45, 7) is 6.13. The maximum Gasteiger partial charge on any atom is 0.140 e. The monoisotopic (exact) mass is 217 g/mol. The molecule has 16 heavy (non-hydrogen) atoms. The van der Waals surface area contributed by atoms with Crippen LogP contribution in [0.4, 0.5) is 0 Å². The minimum Gasteiger partial charge on any atom is -0.316 e. The third kappa shape index (κ3) is 2.33. The summed E-state index contributed by atoms with van der Waals surface area (Å²) in [5, 5.41) is 3.22. The van der Waals surface area contributed by atoms with Crippen molar-refractivity contribution < 1.29 is 4.79 Å². The van der Waals surface area contributed by atoms with Crippen LogP contribution < -0.4 is 5.32 Å². The number of hydrogen-bond acceptors (Lipinski definition) is 2. The molecule has 2 nitrogen and oxygen atoms in total. The molecule has 86 valence electrons. The van der Waals surface area contributed by atoms with Crippen molar-refractivity contribution in [3.63, 3.8) is 0 Å². The molecule has 1 aromatic carbocycles. The fourth-order valence-corrected chi connectivity index (χ4v) is 2.08. The van der Waals surface area contributed by atoms with E-state index in [1.54, 1.807) is 0 Å². The molecule has 1 aliphatic heterocycles. The topological polar surface area (TPSA) is 29.1 Å². The number of ketones is 1. The molecule has 0 aromatic heterocycles. The Hall–Kier alpha value is -1.15. The number of rotatable bonds is 4. The molecule has 1 aliphatic rings. The molecule has 0 amide bonds. The second kappa shape index (κ2) is 4.79. The van der Waals surface area contributed by atoms with E-state index in [2.05, 4.69) is 31.3 Å². The predicted molar refractivity (Wildman–Crippen MR) is 65.4 cm³/mol. The van der Waals surface area contributed by atoms with Crippen molar-refractivity contribution in [3.8, 4) is 0 Å². The highest BCUT2D eigenvalue weighted by Crippen LogP contribution is 2.19. The molecule has 1 unspecified atom stereocenters. The van der Waals surface area contributed by atoms with Gasteiger partial charge in [0.25, 0.3) is 0 Å². The molecule has 2 heteroatoms. The summed E-state index contributed by atoms with van der Waals surface area (Å²) < 4.78 is 0. The van der Waals surface area contributed by atoms with E-state index in [-0.39, 0.29) is 5.92 Å². The number of aryl methyl sites for hydroxylation is 1. The SMILES string of the molecule is Cc1ccccc1CC(=O)C(C)C1CNC1. The second-order valence-corrected chi connectivity index (χ2v) is 4.78. The highest BCUT2D eigenvalue weighted by atomic mass is 16.1. The number of nitrogens with one attached hydrogen (secondary N) is 1. The zero-order valence-corrected chi connectivity index (χ0v) is 9.99. The van der Waals surface area contributed by atoms with Gasteiger partial charge in [0.2, 0.25) is 0 Å². The van der Waals surface area contributed by atoms with Crippen molar-refractivity contribution in [2.45, 2.75) is 20.3 Å². The first-order chi connectivity index (χ1) is 7.68. The van der Waals surface area contributed by atoms with Gasteiger partial charge in [-0.05, 0) is 37.1 Å². The molecule has 2 rings (SSSR count). The lowest BCUT2D eigenvalue weighted by atomic mass is 9.83. The lowest BCUT2D eigenvalue weighted by molar-refractivity contribution is -0.123. The largest absolute Gasteiger partial charge is 0.316 e. The van der Waals surface area contributed by atoms with Crippen molar-refractivity contribution in [2.24, 2.45) is 11.8 Å². The Morgan fingerprint density at radius 3 is 2.69 bits per heavy atom. The van der Waals surface area contributed by atoms with E-state index >= 15 is 0 Å². The summed E-state index contributed by atoms with van der Waals surface area (Å²) in [6, 6.07) is 8.14. The molecular formula is C14H19NO. The summed E-state index contributed by atoms with van der Waals surface area (Å²) in [5.41, 5.74) is 2.39. The summed E-state index contributed by atoms with van der Waals surface area (Å²) >= 11 is 0. The lowest BCUT2D eigenvalue weighted by Gasteiger charge is -2.31. The Kier molecular flexibility index (Phi) is 3.39. The van der Waals surface area contributed by atoms with E-state index in [0.717, 1.165) is 13.1 Å². The Morgan fingerprint density at radius 1 is 1.44 bits per heavy atom. The van der Waals surface area contributed by atoms with Crippen LogP contribution in [-0.4, -0.2) is 18.9 Å². The van der Waals surface area contributed by atoms with E-state index in [9.17, 15) is 4.79 Å². The highest BCUT2D eigenvalue weighted by Gasteiger charge is 2.28. The summed E-state index contributed by atoms with van der Waals surface area (Å²) in [6.07, 6.45) is 0.588. The molecule has 0 radical (unpaired) electrons. The van der Waals surface area contributed by atoms with Crippen molar-refractivity contribution in [1.82, 2.24) is 5.32 Å². The fraction of sp³-hybridized carbons (Fsp3) is 0.500. The molecule has 1 saturated heterocycles. The van der Waals surface area contributed by atoms with Gasteiger partial charge in [0.05, 0.1) is 0 Å². The fourth-order valence-electron chi connectivity index (χ4n) is 2.08. The van der Waals surface area contributed by atoms with E-state index < -0.39 is 0 Å². The first-order valence-electron chi connectivity index (χ1n) is 5.96. The van der Waals surface area contributed by atoms with Gasteiger partial charge < -0.3 is 5.32 Å². The van der Waals surface area contributed by atoms with Crippen LogP contribution in [0.2, 0.25) is 0 Å². The van der Waals surface area contributed by atoms with Crippen LogP contribution in [0.5, 0.6) is 0 Å². The van der Waals surface area contributed by atoms with E-state index in [1.807, 2.05) is 12.1 Å². The van der Waals surface area contributed by atoms with Crippen LogP contribution in [-0.2, 0) is 11.2 Å². The number of Topliss-reactive ketones (excluding diaryl/α,β-unsaturated/α-hetero) is 1. The third-order valence-corrected chi connectivity index (χ3v) is 3.65.